The first-order valence-corrected chi connectivity index (χ1v) is 8.96. The van der Waals surface area contributed by atoms with E-state index < -0.39 is 16.6 Å². The van der Waals surface area contributed by atoms with E-state index in [1.807, 2.05) is 0 Å². The molecule has 7 nitrogen and oxygen atoms in total. The first-order valence-electron chi connectivity index (χ1n) is 8.96. The second-order valence-corrected chi connectivity index (χ2v) is 6.68. The number of benzene rings is 2. The Hall–Kier alpha value is -3.29. The summed E-state index contributed by atoms with van der Waals surface area (Å²) in [4.78, 5) is 39.0. The summed E-state index contributed by atoms with van der Waals surface area (Å²) >= 11 is 0. The fraction of sp³-hybridized carbons (Fsp3) is 0.300. The minimum Gasteiger partial charge on any atom is -0.337 e. The number of amides is 2. The van der Waals surface area contributed by atoms with Crippen LogP contribution in [0.3, 0.4) is 0 Å². The van der Waals surface area contributed by atoms with Crippen LogP contribution in [0.25, 0.3) is 0 Å². The fourth-order valence-electron chi connectivity index (χ4n) is 3.30. The third kappa shape index (κ3) is 4.00. The highest BCUT2D eigenvalue weighted by molar-refractivity contribution is 5.96. The van der Waals surface area contributed by atoms with Gasteiger partial charge < -0.3 is 9.80 Å². The Labute approximate surface area is 161 Å². The van der Waals surface area contributed by atoms with Crippen molar-refractivity contribution in [2.24, 2.45) is 0 Å². The zero-order valence-corrected chi connectivity index (χ0v) is 15.4. The Morgan fingerprint density at radius 3 is 2.25 bits per heavy atom. The lowest BCUT2D eigenvalue weighted by Crippen LogP contribution is -2.37. The van der Waals surface area contributed by atoms with Gasteiger partial charge in [0.2, 0.25) is 0 Å². The first kappa shape index (κ1) is 19.5. The molecule has 2 aromatic rings. The van der Waals surface area contributed by atoms with Gasteiger partial charge in [0.05, 0.1) is 10.5 Å². The molecule has 28 heavy (non-hydrogen) atoms. The van der Waals surface area contributed by atoms with E-state index in [1.54, 1.807) is 22.8 Å². The number of hydrogen-bond acceptors (Lipinski definition) is 4. The second kappa shape index (κ2) is 8.16. The normalized spacial score (nSPS) is 14.5. The Morgan fingerprint density at radius 2 is 1.64 bits per heavy atom. The summed E-state index contributed by atoms with van der Waals surface area (Å²) in [6, 6.07) is 10.1. The molecule has 0 aromatic heterocycles. The molecular formula is C20H20FN3O4. The predicted octanol–water partition coefficient (Wildman–Crippen LogP) is 3.03. The van der Waals surface area contributed by atoms with Gasteiger partial charge >= 0.3 is 0 Å². The zero-order chi connectivity index (χ0) is 20.3. The molecule has 1 aliphatic rings. The topological polar surface area (TPSA) is 83.8 Å². The molecule has 0 atom stereocenters. The van der Waals surface area contributed by atoms with Gasteiger partial charge in [0, 0.05) is 43.4 Å². The summed E-state index contributed by atoms with van der Waals surface area (Å²) in [6.07, 6.45) is 0.567. The van der Waals surface area contributed by atoms with Crippen LogP contribution in [0.4, 0.5) is 10.1 Å². The van der Waals surface area contributed by atoms with E-state index in [9.17, 15) is 24.1 Å². The van der Waals surface area contributed by atoms with Crippen molar-refractivity contribution in [3.63, 3.8) is 0 Å². The third-order valence-corrected chi connectivity index (χ3v) is 4.82. The van der Waals surface area contributed by atoms with Gasteiger partial charge in [0.15, 0.2) is 0 Å². The summed E-state index contributed by atoms with van der Waals surface area (Å²) in [6.45, 7) is 3.08. The van der Waals surface area contributed by atoms with Crippen LogP contribution in [0.5, 0.6) is 0 Å². The summed E-state index contributed by atoms with van der Waals surface area (Å²) in [5.41, 5.74) is 0.779. The van der Waals surface area contributed by atoms with Gasteiger partial charge in [-0.05, 0) is 37.6 Å². The average Bonchev–Trinajstić information content (AvgIpc) is 2.93. The van der Waals surface area contributed by atoms with Crippen molar-refractivity contribution >= 4 is 17.5 Å². The van der Waals surface area contributed by atoms with Crippen molar-refractivity contribution in [3.05, 3.63) is 75.1 Å². The highest BCUT2D eigenvalue weighted by Gasteiger charge is 2.25. The van der Waals surface area contributed by atoms with Crippen LogP contribution < -0.4 is 0 Å². The van der Waals surface area contributed by atoms with Crippen molar-refractivity contribution < 1.29 is 18.9 Å². The molecule has 0 radical (unpaired) electrons. The van der Waals surface area contributed by atoms with E-state index >= 15 is 0 Å². The van der Waals surface area contributed by atoms with Crippen molar-refractivity contribution in [2.45, 2.75) is 13.3 Å². The SMILES string of the molecule is Cc1cc(C(=O)N2CCCN(C(=O)c3ccccc3F)CC2)ccc1[N+](=O)[O-]. The van der Waals surface area contributed by atoms with E-state index in [2.05, 4.69) is 0 Å². The maximum atomic E-state index is 13.9. The van der Waals surface area contributed by atoms with Gasteiger partial charge in [0.25, 0.3) is 17.5 Å². The minimum absolute atomic E-state index is 0.0215. The van der Waals surface area contributed by atoms with Crippen LogP contribution in [0, 0.1) is 22.9 Å². The lowest BCUT2D eigenvalue weighted by Gasteiger charge is -2.22. The van der Waals surface area contributed by atoms with E-state index in [0.29, 0.717) is 43.7 Å². The summed E-state index contributed by atoms with van der Waals surface area (Å²) in [5, 5.41) is 10.9. The Kier molecular flexibility index (Phi) is 5.67. The van der Waals surface area contributed by atoms with Crippen LogP contribution in [0.15, 0.2) is 42.5 Å². The fourth-order valence-corrected chi connectivity index (χ4v) is 3.30. The molecule has 146 valence electrons. The van der Waals surface area contributed by atoms with Crippen LogP contribution >= 0.6 is 0 Å². The van der Waals surface area contributed by atoms with Crippen LogP contribution in [0.2, 0.25) is 0 Å². The highest BCUT2D eigenvalue weighted by atomic mass is 19.1. The lowest BCUT2D eigenvalue weighted by atomic mass is 10.1. The molecular weight excluding hydrogens is 365 g/mol. The number of halogens is 1. The largest absolute Gasteiger partial charge is 0.337 e. The van der Waals surface area contributed by atoms with Gasteiger partial charge in [-0.1, -0.05) is 12.1 Å². The number of carbonyl (C=O) groups excluding carboxylic acids is 2. The van der Waals surface area contributed by atoms with Gasteiger partial charge in [-0.2, -0.15) is 0 Å². The minimum atomic E-state index is -0.564. The molecule has 3 rings (SSSR count). The zero-order valence-electron chi connectivity index (χ0n) is 15.4. The van der Waals surface area contributed by atoms with E-state index in [4.69, 9.17) is 0 Å². The lowest BCUT2D eigenvalue weighted by molar-refractivity contribution is -0.385. The van der Waals surface area contributed by atoms with Crippen molar-refractivity contribution in [3.8, 4) is 0 Å². The summed E-state index contributed by atoms with van der Waals surface area (Å²) in [5.74, 6) is -1.19. The molecule has 0 aliphatic carbocycles. The molecule has 1 aliphatic heterocycles. The molecule has 1 fully saturated rings. The number of hydrogen-bond donors (Lipinski definition) is 0. The maximum Gasteiger partial charge on any atom is 0.272 e. The second-order valence-electron chi connectivity index (χ2n) is 6.68. The van der Waals surface area contributed by atoms with E-state index in [0.717, 1.165) is 0 Å². The van der Waals surface area contributed by atoms with Gasteiger partial charge in [-0.3, -0.25) is 19.7 Å². The third-order valence-electron chi connectivity index (χ3n) is 4.82. The number of carbonyl (C=O) groups is 2. The molecule has 8 heteroatoms. The summed E-state index contributed by atoms with van der Waals surface area (Å²) in [7, 11) is 0. The summed E-state index contributed by atoms with van der Waals surface area (Å²) < 4.78 is 13.9. The molecule has 2 aromatic carbocycles. The maximum absolute atomic E-state index is 13.9. The standard InChI is InChI=1S/C20H20FN3O4/c1-14-13-15(7-8-18(14)24(27)28)19(25)22-9-4-10-23(12-11-22)20(26)16-5-2-3-6-17(16)21/h2-3,5-8,13H,4,9-12H2,1H3. The average molecular weight is 385 g/mol. The number of aryl methyl sites for hydroxylation is 1. The monoisotopic (exact) mass is 385 g/mol. The quantitative estimate of drug-likeness (QED) is 0.601. The molecule has 2 amide bonds. The van der Waals surface area contributed by atoms with Crippen molar-refractivity contribution in [1.82, 2.24) is 9.80 Å². The Morgan fingerprint density at radius 1 is 1.00 bits per heavy atom. The van der Waals surface area contributed by atoms with Gasteiger partial charge in [-0.15, -0.1) is 0 Å². The molecule has 0 saturated carbocycles. The number of nitro benzene ring substituents is 1. The van der Waals surface area contributed by atoms with Crippen LogP contribution in [-0.4, -0.2) is 52.7 Å². The number of rotatable bonds is 3. The molecule has 1 saturated heterocycles. The van der Waals surface area contributed by atoms with Crippen LogP contribution in [0.1, 0.15) is 32.7 Å². The van der Waals surface area contributed by atoms with Crippen molar-refractivity contribution in [2.75, 3.05) is 26.2 Å². The molecule has 1 heterocycles. The highest BCUT2D eigenvalue weighted by Crippen LogP contribution is 2.20. The Balaban J connectivity index is 1.70. The molecule has 0 N–H and O–H groups in total. The van der Waals surface area contributed by atoms with Gasteiger partial charge in [0.1, 0.15) is 5.82 Å². The number of nitrogens with zero attached hydrogens (tertiary/aromatic N) is 3. The van der Waals surface area contributed by atoms with E-state index in [-0.39, 0.29) is 17.2 Å². The molecule has 0 spiro atoms. The molecule has 0 unspecified atom stereocenters. The molecule has 0 bridgehead atoms. The van der Waals surface area contributed by atoms with E-state index in [1.165, 1.54) is 36.4 Å². The number of nitro groups is 1. The first-order chi connectivity index (χ1) is 13.4. The van der Waals surface area contributed by atoms with Gasteiger partial charge in [-0.25, -0.2) is 4.39 Å². The predicted molar refractivity (Wildman–Crippen MR) is 101 cm³/mol. The van der Waals surface area contributed by atoms with Crippen molar-refractivity contribution in [1.29, 1.82) is 0 Å². The Bertz CT molecular complexity index is 931. The van der Waals surface area contributed by atoms with Crippen LogP contribution in [-0.2, 0) is 0 Å². The smallest absolute Gasteiger partial charge is 0.272 e.